The summed E-state index contributed by atoms with van der Waals surface area (Å²) < 4.78 is 16.1. The second kappa shape index (κ2) is 10.3. The van der Waals surface area contributed by atoms with Crippen molar-refractivity contribution in [2.24, 2.45) is 0 Å². The van der Waals surface area contributed by atoms with E-state index in [1.165, 1.54) is 24.3 Å². The molecule has 162 valence electrons. The Morgan fingerprint density at radius 3 is 2.57 bits per heavy atom. The molecule has 1 aliphatic heterocycles. The lowest BCUT2D eigenvalue weighted by atomic mass is 10.0. The highest BCUT2D eigenvalue weighted by Gasteiger charge is 2.22. The number of nitro groups is 1. The number of non-ortho nitro benzene ring substituents is 1. The number of ether oxygens (including phenoxy) is 3. The van der Waals surface area contributed by atoms with Gasteiger partial charge in [-0.1, -0.05) is 6.07 Å². The van der Waals surface area contributed by atoms with Crippen molar-refractivity contribution >= 4 is 5.69 Å². The molecule has 0 spiro atoms. The first-order valence-electron chi connectivity index (χ1n) is 9.39. The predicted octanol–water partition coefficient (Wildman–Crippen LogP) is 0.885. The van der Waals surface area contributed by atoms with Crippen molar-refractivity contribution < 1.29 is 34.5 Å². The number of nitrogens with one attached hydrogen (secondary N) is 1. The van der Waals surface area contributed by atoms with E-state index in [0.717, 1.165) is 5.56 Å². The largest absolute Gasteiger partial charge is 0.454 e. The molecule has 0 bridgehead atoms. The Labute approximate surface area is 172 Å². The van der Waals surface area contributed by atoms with Crippen molar-refractivity contribution in [1.82, 2.24) is 5.32 Å². The Hall–Kier alpha value is -2.76. The average Bonchev–Trinajstić information content (AvgIpc) is 3.22. The van der Waals surface area contributed by atoms with Crippen molar-refractivity contribution in [3.8, 4) is 11.5 Å². The maximum absolute atomic E-state index is 10.7. The Bertz CT molecular complexity index is 845. The standard InChI is InChI=1S/C20H24N2O8/c23-9-17(20(25)14-2-4-15(5-3-14)22(26)27)21-8-16(24)11-28-10-13-1-6-18-19(7-13)30-12-29-18/h1-7,16-17,20-21,23-25H,8-12H2. The van der Waals surface area contributed by atoms with Gasteiger partial charge in [0.15, 0.2) is 11.5 Å². The van der Waals surface area contributed by atoms with Crippen LogP contribution in [0.5, 0.6) is 11.5 Å². The van der Waals surface area contributed by atoms with Crippen LogP contribution in [0.15, 0.2) is 42.5 Å². The lowest BCUT2D eigenvalue weighted by Gasteiger charge is -2.24. The number of nitro benzene ring substituents is 1. The van der Waals surface area contributed by atoms with Gasteiger partial charge in [0, 0.05) is 18.7 Å². The summed E-state index contributed by atoms with van der Waals surface area (Å²) >= 11 is 0. The Morgan fingerprint density at radius 1 is 1.13 bits per heavy atom. The molecular weight excluding hydrogens is 396 g/mol. The van der Waals surface area contributed by atoms with Crippen LogP contribution in [-0.2, 0) is 11.3 Å². The van der Waals surface area contributed by atoms with Gasteiger partial charge in [0.25, 0.3) is 5.69 Å². The molecule has 0 aliphatic carbocycles. The predicted molar refractivity (Wildman–Crippen MR) is 105 cm³/mol. The quantitative estimate of drug-likeness (QED) is 0.308. The van der Waals surface area contributed by atoms with Crippen LogP contribution in [0.1, 0.15) is 17.2 Å². The Morgan fingerprint density at radius 2 is 1.87 bits per heavy atom. The van der Waals surface area contributed by atoms with E-state index in [-0.39, 0.29) is 38.8 Å². The first-order valence-corrected chi connectivity index (χ1v) is 9.39. The van der Waals surface area contributed by atoms with Crippen LogP contribution in [0, 0.1) is 10.1 Å². The molecule has 2 aromatic carbocycles. The third-order valence-corrected chi connectivity index (χ3v) is 4.65. The van der Waals surface area contributed by atoms with E-state index in [2.05, 4.69) is 5.32 Å². The maximum atomic E-state index is 10.7. The zero-order valence-electron chi connectivity index (χ0n) is 16.1. The molecule has 3 unspecified atom stereocenters. The SMILES string of the molecule is O=[N+]([O-])c1ccc(C(O)C(CO)NCC(O)COCc2ccc3c(c2)OCO3)cc1. The number of benzene rings is 2. The number of hydrogen-bond acceptors (Lipinski definition) is 9. The van der Waals surface area contributed by atoms with Gasteiger partial charge in [0.05, 0.1) is 43.0 Å². The molecule has 1 aliphatic rings. The van der Waals surface area contributed by atoms with Crippen LogP contribution in [0.3, 0.4) is 0 Å². The average molecular weight is 420 g/mol. The molecule has 1 heterocycles. The van der Waals surface area contributed by atoms with Gasteiger partial charge in [-0.3, -0.25) is 10.1 Å². The number of nitrogens with zero attached hydrogens (tertiary/aromatic N) is 1. The molecule has 10 heteroatoms. The minimum atomic E-state index is -1.10. The second-order valence-corrected chi connectivity index (χ2v) is 6.85. The van der Waals surface area contributed by atoms with Crippen molar-refractivity contribution in [2.45, 2.75) is 24.9 Å². The first-order chi connectivity index (χ1) is 14.5. The van der Waals surface area contributed by atoms with Gasteiger partial charge in [-0.25, -0.2) is 0 Å². The van der Waals surface area contributed by atoms with E-state index in [9.17, 15) is 25.4 Å². The summed E-state index contributed by atoms with van der Waals surface area (Å²) in [6.45, 7) is 0.219. The minimum Gasteiger partial charge on any atom is -0.454 e. The van der Waals surface area contributed by atoms with Gasteiger partial charge in [0.1, 0.15) is 0 Å². The van der Waals surface area contributed by atoms with E-state index < -0.39 is 23.2 Å². The first kappa shape index (κ1) is 21.9. The molecule has 0 saturated heterocycles. The molecule has 4 N–H and O–H groups in total. The summed E-state index contributed by atoms with van der Waals surface area (Å²) in [6, 6.07) is 10.1. The van der Waals surface area contributed by atoms with E-state index in [1.54, 1.807) is 6.07 Å². The van der Waals surface area contributed by atoms with E-state index >= 15 is 0 Å². The molecule has 2 aromatic rings. The molecule has 30 heavy (non-hydrogen) atoms. The molecule has 0 fully saturated rings. The fraction of sp³-hybridized carbons (Fsp3) is 0.400. The van der Waals surface area contributed by atoms with Gasteiger partial charge < -0.3 is 34.8 Å². The monoisotopic (exact) mass is 420 g/mol. The summed E-state index contributed by atoms with van der Waals surface area (Å²) in [5.74, 6) is 1.34. The Balaban J connectivity index is 1.43. The third kappa shape index (κ3) is 5.65. The summed E-state index contributed by atoms with van der Waals surface area (Å²) in [6.07, 6.45) is -1.96. The fourth-order valence-electron chi connectivity index (χ4n) is 2.99. The second-order valence-electron chi connectivity index (χ2n) is 6.85. The topological polar surface area (TPSA) is 144 Å². The molecule has 0 radical (unpaired) electrons. The highest BCUT2D eigenvalue weighted by Crippen LogP contribution is 2.32. The van der Waals surface area contributed by atoms with Gasteiger partial charge in [-0.15, -0.1) is 0 Å². The lowest BCUT2D eigenvalue weighted by molar-refractivity contribution is -0.384. The summed E-state index contributed by atoms with van der Waals surface area (Å²) in [5.41, 5.74) is 1.21. The van der Waals surface area contributed by atoms with Crippen LogP contribution >= 0.6 is 0 Å². The summed E-state index contributed by atoms with van der Waals surface area (Å²) in [7, 11) is 0. The maximum Gasteiger partial charge on any atom is 0.269 e. The van der Waals surface area contributed by atoms with E-state index in [0.29, 0.717) is 17.1 Å². The molecule has 0 amide bonds. The molecule has 3 atom stereocenters. The van der Waals surface area contributed by atoms with Gasteiger partial charge in [0.2, 0.25) is 6.79 Å². The zero-order chi connectivity index (χ0) is 21.5. The van der Waals surface area contributed by atoms with E-state index in [1.807, 2.05) is 12.1 Å². The smallest absolute Gasteiger partial charge is 0.269 e. The number of aliphatic hydroxyl groups is 3. The number of rotatable bonds is 11. The minimum absolute atomic E-state index is 0.0488. The molecular formula is C20H24N2O8. The molecule has 10 nitrogen and oxygen atoms in total. The highest BCUT2D eigenvalue weighted by molar-refractivity contribution is 5.44. The lowest BCUT2D eigenvalue weighted by Crippen LogP contribution is -2.43. The normalized spacial score (nSPS) is 15.6. The van der Waals surface area contributed by atoms with E-state index in [4.69, 9.17) is 14.2 Å². The van der Waals surface area contributed by atoms with Crippen molar-refractivity contribution in [2.75, 3.05) is 26.6 Å². The zero-order valence-corrected chi connectivity index (χ0v) is 16.1. The molecule has 0 aromatic heterocycles. The van der Waals surface area contributed by atoms with Crippen LogP contribution in [0.2, 0.25) is 0 Å². The van der Waals surface area contributed by atoms with Crippen LogP contribution in [-0.4, -0.2) is 58.9 Å². The van der Waals surface area contributed by atoms with Gasteiger partial charge >= 0.3 is 0 Å². The number of fused-ring (bicyclic) bond motifs is 1. The summed E-state index contributed by atoms with van der Waals surface area (Å²) in [5, 5.41) is 43.7. The Kier molecular flexibility index (Phi) is 7.55. The number of hydrogen-bond donors (Lipinski definition) is 4. The van der Waals surface area contributed by atoms with Crippen LogP contribution in [0.4, 0.5) is 5.69 Å². The molecule has 0 saturated carbocycles. The van der Waals surface area contributed by atoms with Crippen molar-refractivity contribution in [3.05, 3.63) is 63.7 Å². The molecule has 3 rings (SSSR count). The van der Waals surface area contributed by atoms with Crippen LogP contribution < -0.4 is 14.8 Å². The van der Waals surface area contributed by atoms with Gasteiger partial charge in [-0.05, 0) is 35.4 Å². The van der Waals surface area contributed by atoms with Crippen molar-refractivity contribution in [3.63, 3.8) is 0 Å². The number of aliphatic hydroxyl groups excluding tert-OH is 3. The fourth-order valence-corrected chi connectivity index (χ4v) is 2.99. The van der Waals surface area contributed by atoms with Gasteiger partial charge in [-0.2, -0.15) is 0 Å². The highest BCUT2D eigenvalue weighted by atomic mass is 16.7. The third-order valence-electron chi connectivity index (χ3n) is 4.65. The van der Waals surface area contributed by atoms with Crippen LogP contribution in [0.25, 0.3) is 0 Å². The summed E-state index contributed by atoms with van der Waals surface area (Å²) in [4.78, 5) is 10.2. The van der Waals surface area contributed by atoms with Crippen molar-refractivity contribution in [1.29, 1.82) is 0 Å².